The number of aliphatic hydroxyl groups excluding tert-OH is 1. The van der Waals surface area contributed by atoms with Gasteiger partial charge in [-0.1, -0.05) is 12.2 Å². The third-order valence-electron chi connectivity index (χ3n) is 2.78. The van der Waals surface area contributed by atoms with Crippen molar-refractivity contribution in [2.24, 2.45) is 5.92 Å². The van der Waals surface area contributed by atoms with Crippen molar-refractivity contribution >= 4 is 17.2 Å². The van der Waals surface area contributed by atoms with Gasteiger partial charge in [-0.25, -0.2) is 0 Å². The first-order valence-electron chi connectivity index (χ1n) is 5.46. The van der Waals surface area contributed by atoms with Crippen molar-refractivity contribution in [3.05, 3.63) is 28.5 Å². The number of thiophene rings is 1. The van der Waals surface area contributed by atoms with Crippen molar-refractivity contribution in [1.29, 1.82) is 0 Å². The molecule has 4 nitrogen and oxygen atoms in total. The molecule has 0 bridgehead atoms. The molecule has 0 aromatic carbocycles. The largest absolute Gasteiger partial charge is 0.495 e. The molecule has 1 aromatic heterocycles. The van der Waals surface area contributed by atoms with Crippen LogP contribution < -0.4 is 10.1 Å². The van der Waals surface area contributed by atoms with Crippen LogP contribution in [-0.2, 0) is 0 Å². The van der Waals surface area contributed by atoms with E-state index >= 15 is 0 Å². The number of hydrogen-bond acceptors (Lipinski definition) is 4. The second-order valence-electron chi connectivity index (χ2n) is 3.96. The van der Waals surface area contributed by atoms with Crippen LogP contribution >= 0.6 is 11.3 Å². The molecule has 1 aliphatic carbocycles. The highest BCUT2D eigenvalue weighted by molar-refractivity contribution is 7.12. The number of methoxy groups -OCH3 is 1. The third-order valence-corrected chi connectivity index (χ3v) is 3.67. The summed E-state index contributed by atoms with van der Waals surface area (Å²) < 4.78 is 5.10. The minimum absolute atomic E-state index is 0.00598. The van der Waals surface area contributed by atoms with Gasteiger partial charge in [0.25, 0.3) is 5.91 Å². The summed E-state index contributed by atoms with van der Waals surface area (Å²) in [5.41, 5.74) is 0. The number of amides is 1. The molecular weight excluding hydrogens is 238 g/mol. The van der Waals surface area contributed by atoms with Crippen LogP contribution in [0.1, 0.15) is 16.1 Å². The van der Waals surface area contributed by atoms with Crippen LogP contribution in [0.4, 0.5) is 0 Å². The first-order valence-corrected chi connectivity index (χ1v) is 6.34. The SMILES string of the molecule is COc1ccsc1C(=O)N[C@@H]1C=C[C@H](CO)C1. The van der Waals surface area contributed by atoms with Gasteiger partial charge in [-0.15, -0.1) is 11.3 Å². The van der Waals surface area contributed by atoms with Crippen LogP contribution in [0.3, 0.4) is 0 Å². The monoisotopic (exact) mass is 253 g/mol. The molecular formula is C12H15NO3S. The molecule has 2 N–H and O–H groups in total. The molecule has 92 valence electrons. The zero-order chi connectivity index (χ0) is 12.3. The highest BCUT2D eigenvalue weighted by Crippen LogP contribution is 2.25. The molecule has 1 aliphatic rings. The molecule has 17 heavy (non-hydrogen) atoms. The lowest BCUT2D eigenvalue weighted by molar-refractivity contribution is 0.0942. The molecule has 0 fully saturated rings. The Bertz CT molecular complexity index is 427. The van der Waals surface area contributed by atoms with Gasteiger partial charge in [-0.3, -0.25) is 4.79 Å². The van der Waals surface area contributed by atoms with Gasteiger partial charge in [0.2, 0.25) is 0 Å². The molecule has 2 rings (SSSR count). The maximum absolute atomic E-state index is 12.0. The topological polar surface area (TPSA) is 58.6 Å². The van der Waals surface area contributed by atoms with Gasteiger partial charge < -0.3 is 15.2 Å². The van der Waals surface area contributed by atoms with E-state index in [1.165, 1.54) is 11.3 Å². The van der Waals surface area contributed by atoms with Crippen molar-refractivity contribution in [2.75, 3.05) is 13.7 Å². The quantitative estimate of drug-likeness (QED) is 0.798. The number of carbonyl (C=O) groups is 1. The molecule has 0 saturated carbocycles. The van der Waals surface area contributed by atoms with E-state index in [1.54, 1.807) is 13.2 Å². The molecule has 2 atom stereocenters. The Morgan fingerprint density at radius 3 is 3.12 bits per heavy atom. The van der Waals surface area contributed by atoms with E-state index in [0.717, 1.165) is 6.42 Å². The number of ether oxygens (including phenoxy) is 1. The van der Waals surface area contributed by atoms with Crippen molar-refractivity contribution in [1.82, 2.24) is 5.32 Å². The fourth-order valence-corrected chi connectivity index (χ4v) is 2.64. The van der Waals surface area contributed by atoms with E-state index in [1.807, 2.05) is 17.5 Å². The minimum atomic E-state index is -0.120. The van der Waals surface area contributed by atoms with Crippen molar-refractivity contribution in [3.8, 4) is 5.75 Å². The number of carbonyl (C=O) groups excluding carboxylic acids is 1. The smallest absolute Gasteiger partial charge is 0.265 e. The Morgan fingerprint density at radius 1 is 1.65 bits per heavy atom. The summed E-state index contributed by atoms with van der Waals surface area (Å²) in [6, 6.07) is 1.78. The molecule has 0 radical (unpaired) electrons. The third kappa shape index (κ3) is 2.68. The summed E-state index contributed by atoms with van der Waals surface area (Å²) in [5.74, 6) is 0.642. The maximum Gasteiger partial charge on any atom is 0.265 e. The van der Waals surface area contributed by atoms with Crippen LogP contribution in [0.5, 0.6) is 5.75 Å². The summed E-state index contributed by atoms with van der Waals surface area (Å²) in [4.78, 5) is 12.6. The zero-order valence-corrected chi connectivity index (χ0v) is 10.4. The number of hydrogen-bond donors (Lipinski definition) is 2. The maximum atomic E-state index is 12.0. The Kier molecular flexibility index (Phi) is 3.81. The second-order valence-corrected chi connectivity index (χ2v) is 4.88. The van der Waals surface area contributed by atoms with Gasteiger partial charge in [0.15, 0.2) is 0 Å². The van der Waals surface area contributed by atoms with Crippen LogP contribution in [0.15, 0.2) is 23.6 Å². The van der Waals surface area contributed by atoms with Crippen LogP contribution in [0, 0.1) is 5.92 Å². The molecule has 1 amide bonds. The van der Waals surface area contributed by atoms with Crippen LogP contribution in [0.25, 0.3) is 0 Å². The molecule has 5 heteroatoms. The van der Waals surface area contributed by atoms with Crippen LogP contribution in [-0.4, -0.2) is 30.8 Å². The first-order chi connectivity index (χ1) is 8.24. The Balaban J connectivity index is 1.96. The highest BCUT2D eigenvalue weighted by atomic mass is 32.1. The van der Waals surface area contributed by atoms with E-state index in [0.29, 0.717) is 10.6 Å². The standard InChI is InChI=1S/C12H15NO3S/c1-16-10-4-5-17-11(10)12(15)13-9-3-2-8(6-9)7-14/h2-5,8-9,14H,6-7H2,1H3,(H,13,15)/t8-,9+/m0/s1. The van der Waals surface area contributed by atoms with E-state index in [-0.39, 0.29) is 24.5 Å². The fourth-order valence-electron chi connectivity index (χ4n) is 1.87. The van der Waals surface area contributed by atoms with Gasteiger partial charge in [0.1, 0.15) is 10.6 Å². The van der Waals surface area contributed by atoms with Gasteiger partial charge in [-0.2, -0.15) is 0 Å². The Labute approximate surface area is 104 Å². The van der Waals surface area contributed by atoms with Crippen molar-refractivity contribution in [3.63, 3.8) is 0 Å². The fraction of sp³-hybridized carbons (Fsp3) is 0.417. The number of nitrogens with one attached hydrogen (secondary N) is 1. The number of rotatable bonds is 4. The average Bonchev–Trinajstić information content (AvgIpc) is 2.96. The highest BCUT2D eigenvalue weighted by Gasteiger charge is 2.22. The number of aliphatic hydroxyl groups is 1. The molecule has 1 aromatic rings. The summed E-state index contributed by atoms with van der Waals surface area (Å²) in [6.07, 6.45) is 4.63. The van der Waals surface area contributed by atoms with Gasteiger partial charge in [0, 0.05) is 18.6 Å². The van der Waals surface area contributed by atoms with Gasteiger partial charge in [0.05, 0.1) is 7.11 Å². The molecule has 0 saturated heterocycles. The van der Waals surface area contributed by atoms with Crippen LogP contribution in [0.2, 0.25) is 0 Å². The Hall–Kier alpha value is -1.33. The first kappa shape index (κ1) is 12.1. The predicted octanol–water partition coefficient (Wildman–Crippen LogP) is 1.42. The average molecular weight is 253 g/mol. The van der Waals surface area contributed by atoms with E-state index in [4.69, 9.17) is 9.84 Å². The van der Waals surface area contributed by atoms with Gasteiger partial charge in [-0.05, 0) is 17.9 Å². The lowest BCUT2D eigenvalue weighted by Crippen LogP contribution is -2.32. The molecule has 1 heterocycles. The van der Waals surface area contributed by atoms with Gasteiger partial charge >= 0.3 is 0 Å². The molecule has 0 spiro atoms. The Morgan fingerprint density at radius 2 is 2.47 bits per heavy atom. The summed E-state index contributed by atoms with van der Waals surface area (Å²) >= 11 is 1.36. The lowest BCUT2D eigenvalue weighted by Gasteiger charge is -2.12. The summed E-state index contributed by atoms with van der Waals surface area (Å²) in [5, 5.41) is 13.7. The molecule has 0 aliphatic heterocycles. The van der Waals surface area contributed by atoms with Crippen molar-refractivity contribution < 1.29 is 14.6 Å². The molecule has 0 unspecified atom stereocenters. The summed E-state index contributed by atoms with van der Waals surface area (Å²) in [7, 11) is 1.55. The van der Waals surface area contributed by atoms with E-state index in [9.17, 15) is 4.79 Å². The van der Waals surface area contributed by atoms with E-state index in [2.05, 4.69) is 5.32 Å². The minimum Gasteiger partial charge on any atom is -0.495 e. The van der Waals surface area contributed by atoms with Crippen molar-refractivity contribution in [2.45, 2.75) is 12.5 Å². The predicted molar refractivity (Wildman–Crippen MR) is 66.5 cm³/mol. The summed E-state index contributed by atoms with van der Waals surface area (Å²) in [6.45, 7) is 0.130. The lowest BCUT2D eigenvalue weighted by atomic mass is 10.1. The zero-order valence-electron chi connectivity index (χ0n) is 9.55. The second kappa shape index (κ2) is 5.33. The van der Waals surface area contributed by atoms with E-state index < -0.39 is 0 Å². The normalized spacial score (nSPS) is 22.7.